The lowest BCUT2D eigenvalue weighted by Crippen LogP contribution is -2.23. The number of hydrogen-bond donors (Lipinski definition) is 1. The van der Waals surface area contributed by atoms with Crippen molar-refractivity contribution in [2.75, 3.05) is 13.1 Å². The first-order valence-electron chi connectivity index (χ1n) is 7.28. The monoisotopic (exact) mass is 299 g/mol. The quantitative estimate of drug-likeness (QED) is 0.780. The molecule has 1 rings (SSSR count). The summed E-state index contributed by atoms with van der Waals surface area (Å²) in [4.78, 5) is 0. The van der Waals surface area contributed by atoms with Crippen LogP contribution in [-0.4, -0.2) is 13.1 Å². The summed E-state index contributed by atoms with van der Waals surface area (Å²) in [6.07, 6.45) is -2.44. The first-order chi connectivity index (χ1) is 9.70. The molecule has 1 aromatic rings. The number of rotatable bonds is 6. The topological polar surface area (TPSA) is 12.0 Å². The summed E-state index contributed by atoms with van der Waals surface area (Å²) in [5, 5.41) is 3.34. The Balaban J connectivity index is 2.90. The number of halogens is 3. The summed E-state index contributed by atoms with van der Waals surface area (Å²) >= 11 is 0. The van der Waals surface area contributed by atoms with Gasteiger partial charge in [0.2, 0.25) is 0 Å². The van der Waals surface area contributed by atoms with Crippen LogP contribution in [0.4, 0.5) is 13.2 Å². The maximum atomic E-state index is 12.7. The minimum Gasteiger partial charge on any atom is -0.313 e. The third kappa shape index (κ3) is 6.34. The highest BCUT2D eigenvalue weighted by molar-refractivity contribution is 5.55. The molecule has 21 heavy (non-hydrogen) atoms. The number of benzene rings is 1. The van der Waals surface area contributed by atoms with Crippen molar-refractivity contribution in [1.82, 2.24) is 5.32 Å². The van der Waals surface area contributed by atoms with E-state index in [9.17, 15) is 13.2 Å². The molecule has 1 nitrogen and oxygen atoms in total. The second kappa shape index (κ2) is 7.64. The van der Waals surface area contributed by atoms with Gasteiger partial charge in [-0.1, -0.05) is 51.5 Å². The zero-order valence-electron chi connectivity index (χ0n) is 13.1. The molecule has 0 aliphatic rings. The van der Waals surface area contributed by atoms with Crippen LogP contribution >= 0.6 is 0 Å². The van der Waals surface area contributed by atoms with Crippen LogP contribution in [0.1, 0.15) is 38.8 Å². The lowest BCUT2D eigenvalue weighted by molar-refractivity contribution is -0.137. The standard InChI is InChI=1S/C17H24F3N/c1-12(2)10-21-11-15(13(3)4)8-14-6-5-7-16(9-14)17(18,19)20/h5-9,12-13,21H,10-11H2,1-4H3. The van der Waals surface area contributed by atoms with Gasteiger partial charge in [0.05, 0.1) is 5.56 Å². The van der Waals surface area contributed by atoms with Crippen LogP contribution in [-0.2, 0) is 6.18 Å². The molecule has 0 heterocycles. The van der Waals surface area contributed by atoms with E-state index in [1.807, 2.05) is 6.08 Å². The largest absolute Gasteiger partial charge is 0.416 e. The molecule has 118 valence electrons. The van der Waals surface area contributed by atoms with Gasteiger partial charge in [-0.05, 0) is 36.1 Å². The summed E-state index contributed by atoms with van der Waals surface area (Å²) in [5.41, 5.74) is 1.10. The third-order valence-corrected chi connectivity index (χ3v) is 3.19. The molecular formula is C17H24F3N. The van der Waals surface area contributed by atoms with Gasteiger partial charge >= 0.3 is 6.18 Å². The molecule has 0 amide bonds. The summed E-state index contributed by atoms with van der Waals surface area (Å²) < 4.78 is 38.2. The van der Waals surface area contributed by atoms with Crippen molar-refractivity contribution in [3.05, 3.63) is 41.0 Å². The van der Waals surface area contributed by atoms with E-state index in [4.69, 9.17) is 0 Å². The van der Waals surface area contributed by atoms with Gasteiger partial charge in [-0.25, -0.2) is 0 Å². The average Bonchev–Trinajstić information content (AvgIpc) is 2.36. The van der Waals surface area contributed by atoms with Gasteiger partial charge in [0, 0.05) is 6.54 Å². The van der Waals surface area contributed by atoms with E-state index < -0.39 is 11.7 Å². The van der Waals surface area contributed by atoms with E-state index in [0.29, 0.717) is 23.9 Å². The highest BCUT2D eigenvalue weighted by Crippen LogP contribution is 2.30. The van der Waals surface area contributed by atoms with Gasteiger partial charge in [-0.2, -0.15) is 13.2 Å². The highest BCUT2D eigenvalue weighted by Gasteiger charge is 2.30. The van der Waals surface area contributed by atoms with Gasteiger partial charge in [0.15, 0.2) is 0 Å². The van der Waals surface area contributed by atoms with E-state index >= 15 is 0 Å². The van der Waals surface area contributed by atoms with Crippen LogP contribution in [0.3, 0.4) is 0 Å². The molecule has 0 saturated carbocycles. The fraction of sp³-hybridized carbons (Fsp3) is 0.529. The predicted molar refractivity (Wildman–Crippen MR) is 82.0 cm³/mol. The maximum Gasteiger partial charge on any atom is 0.416 e. The first kappa shape index (κ1) is 17.8. The predicted octanol–water partition coefficient (Wildman–Crippen LogP) is 4.99. The second-order valence-corrected chi connectivity index (χ2v) is 6.02. The van der Waals surface area contributed by atoms with E-state index in [-0.39, 0.29) is 0 Å². The Kier molecular flexibility index (Phi) is 6.46. The molecule has 0 saturated heterocycles. The van der Waals surface area contributed by atoms with Crippen LogP contribution < -0.4 is 5.32 Å². The zero-order valence-corrected chi connectivity index (χ0v) is 13.1. The average molecular weight is 299 g/mol. The van der Waals surface area contributed by atoms with Gasteiger partial charge in [0.1, 0.15) is 0 Å². The molecule has 0 bridgehead atoms. The minimum atomic E-state index is -4.29. The van der Waals surface area contributed by atoms with Crippen molar-refractivity contribution in [3.8, 4) is 0 Å². The lowest BCUT2D eigenvalue weighted by atomic mass is 9.99. The van der Waals surface area contributed by atoms with Gasteiger partial charge in [-0.3, -0.25) is 0 Å². The summed E-state index contributed by atoms with van der Waals surface area (Å²) in [5.74, 6) is 0.839. The normalized spacial score (nSPS) is 13.3. The minimum absolute atomic E-state index is 0.291. The van der Waals surface area contributed by atoms with Crippen molar-refractivity contribution in [3.63, 3.8) is 0 Å². The van der Waals surface area contributed by atoms with Crippen LogP contribution in [0, 0.1) is 11.8 Å². The van der Waals surface area contributed by atoms with Crippen LogP contribution in [0.25, 0.3) is 6.08 Å². The van der Waals surface area contributed by atoms with Gasteiger partial charge in [0.25, 0.3) is 0 Å². The molecule has 1 N–H and O–H groups in total. The van der Waals surface area contributed by atoms with Gasteiger partial charge in [-0.15, -0.1) is 0 Å². The smallest absolute Gasteiger partial charge is 0.313 e. The molecule has 0 fully saturated rings. The van der Waals surface area contributed by atoms with Crippen molar-refractivity contribution < 1.29 is 13.2 Å². The van der Waals surface area contributed by atoms with Crippen LogP contribution in [0.2, 0.25) is 0 Å². The molecule has 0 aliphatic carbocycles. The number of nitrogens with one attached hydrogen (secondary N) is 1. The lowest BCUT2D eigenvalue weighted by Gasteiger charge is -2.15. The fourth-order valence-electron chi connectivity index (χ4n) is 1.95. The Morgan fingerprint density at radius 3 is 2.38 bits per heavy atom. The van der Waals surface area contributed by atoms with E-state index in [0.717, 1.165) is 18.2 Å². The van der Waals surface area contributed by atoms with E-state index in [1.165, 1.54) is 12.1 Å². The Hall–Kier alpha value is -1.29. The zero-order chi connectivity index (χ0) is 16.0. The molecule has 0 spiro atoms. The first-order valence-corrected chi connectivity index (χ1v) is 7.28. The molecule has 0 atom stereocenters. The molecule has 4 heteroatoms. The van der Waals surface area contributed by atoms with Crippen LogP contribution in [0.5, 0.6) is 0 Å². The van der Waals surface area contributed by atoms with E-state index in [2.05, 4.69) is 33.0 Å². The summed E-state index contributed by atoms with van der Waals surface area (Å²) in [6, 6.07) is 5.46. The van der Waals surface area contributed by atoms with E-state index in [1.54, 1.807) is 6.07 Å². The third-order valence-electron chi connectivity index (χ3n) is 3.19. The molecular weight excluding hydrogens is 275 g/mol. The fourth-order valence-corrected chi connectivity index (χ4v) is 1.95. The second-order valence-electron chi connectivity index (χ2n) is 6.02. The summed E-state index contributed by atoms with van der Waals surface area (Å²) in [6.45, 7) is 9.95. The summed E-state index contributed by atoms with van der Waals surface area (Å²) in [7, 11) is 0. The van der Waals surface area contributed by atoms with Crippen molar-refractivity contribution >= 4 is 6.08 Å². The Labute approximate surface area is 125 Å². The molecule has 1 aromatic carbocycles. The van der Waals surface area contributed by atoms with Crippen molar-refractivity contribution in [2.24, 2.45) is 11.8 Å². The Morgan fingerprint density at radius 2 is 1.86 bits per heavy atom. The molecule has 0 aromatic heterocycles. The number of hydrogen-bond acceptors (Lipinski definition) is 1. The van der Waals surface area contributed by atoms with Crippen molar-refractivity contribution in [1.29, 1.82) is 0 Å². The van der Waals surface area contributed by atoms with Crippen LogP contribution in [0.15, 0.2) is 29.8 Å². The van der Waals surface area contributed by atoms with Crippen molar-refractivity contribution in [2.45, 2.75) is 33.9 Å². The molecule has 0 unspecified atom stereocenters. The Morgan fingerprint density at radius 1 is 1.19 bits per heavy atom. The SMILES string of the molecule is CC(C)CNCC(=Cc1cccc(C(F)(F)F)c1)C(C)C. The Bertz CT molecular complexity index is 473. The molecule has 0 aliphatic heterocycles. The molecule has 0 radical (unpaired) electrons. The number of alkyl halides is 3. The highest BCUT2D eigenvalue weighted by atomic mass is 19.4. The maximum absolute atomic E-state index is 12.7. The van der Waals surface area contributed by atoms with Gasteiger partial charge < -0.3 is 5.32 Å².